The molecule has 1 nitrogen and oxygen atoms in total. The lowest BCUT2D eigenvalue weighted by molar-refractivity contribution is 0.891. The highest BCUT2D eigenvalue weighted by atomic mass is 32.2. The van der Waals surface area contributed by atoms with Gasteiger partial charge in [-0.25, -0.2) is 0 Å². The Hall–Kier alpha value is -0.940. The van der Waals surface area contributed by atoms with Crippen LogP contribution in [0.5, 0.6) is 0 Å². The molecule has 13 heavy (non-hydrogen) atoms. The third-order valence-electron chi connectivity index (χ3n) is 2.50. The molecule has 1 unspecified atom stereocenters. The zero-order valence-corrected chi connectivity index (χ0v) is 8.40. The maximum Gasteiger partial charge on any atom is 0.100 e. The van der Waals surface area contributed by atoms with Crippen LogP contribution in [0.3, 0.4) is 0 Å². The number of hydrogen-bond acceptors (Lipinski definition) is 2. The zero-order chi connectivity index (χ0) is 9.26. The predicted octanol–water partition coefficient (Wildman–Crippen LogP) is 3.03. The summed E-state index contributed by atoms with van der Waals surface area (Å²) in [6.07, 6.45) is 10.6. The maximum atomic E-state index is 9.02. The van der Waals surface area contributed by atoms with Crippen LogP contribution in [0.1, 0.15) is 12.8 Å². The first-order valence-corrected chi connectivity index (χ1v) is 5.63. The quantitative estimate of drug-likeness (QED) is 0.633. The van der Waals surface area contributed by atoms with Crippen LogP contribution in [0.25, 0.3) is 0 Å². The minimum absolute atomic E-state index is 0.668. The Morgan fingerprint density at radius 2 is 2.46 bits per heavy atom. The molecule has 0 saturated heterocycles. The molecule has 0 aliphatic heterocycles. The second-order valence-corrected chi connectivity index (χ2v) is 4.16. The normalized spacial score (nSPS) is 28.0. The topological polar surface area (TPSA) is 23.8 Å². The van der Waals surface area contributed by atoms with Gasteiger partial charge >= 0.3 is 0 Å². The number of allylic oxidation sites excluding steroid dienone is 5. The average Bonchev–Trinajstić information content (AvgIpc) is 2.84. The third-order valence-corrected chi connectivity index (χ3v) is 3.28. The summed E-state index contributed by atoms with van der Waals surface area (Å²) in [5.74, 6) is 0.668. The van der Waals surface area contributed by atoms with Crippen molar-refractivity contribution < 1.29 is 0 Å². The van der Waals surface area contributed by atoms with Gasteiger partial charge in [0.05, 0.1) is 5.57 Å². The van der Waals surface area contributed by atoms with Gasteiger partial charge in [-0.15, -0.1) is 11.8 Å². The fraction of sp³-hybridized carbons (Fsp3) is 0.364. The fourth-order valence-corrected chi connectivity index (χ4v) is 2.27. The number of nitriles is 1. The molecule has 1 fully saturated rings. The highest BCUT2D eigenvalue weighted by Crippen LogP contribution is 2.46. The van der Waals surface area contributed by atoms with E-state index >= 15 is 0 Å². The van der Waals surface area contributed by atoms with Crippen LogP contribution in [0.15, 0.2) is 34.3 Å². The van der Waals surface area contributed by atoms with Crippen LogP contribution in [0.2, 0.25) is 0 Å². The first kappa shape index (κ1) is 8.65. The summed E-state index contributed by atoms with van der Waals surface area (Å²) < 4.78 is 0. The highest BCUT2D eigenvalue weighted by molar-refractivity contribution is 8.02. The lowest BCUT2D eigenvalue weighted by Gasteiger charge is -2.02. The van der Waals surface area contributed by atoms with E-state index < -0.39 is 0 Å². The standard InChI is InChI=1S/C11H11NS/c1-13-11-5-3-2-4-8-6-9(8)10(11)7-12/h2-3,5,8H,4,6H2,1H3/b3-2-,10-9?,11-5?. The highest BCUT2D eigenvalue weighted by Gasteiger charge is 2.33. The summed E-state index contributed by atoms with van der Waals surface area (Å²) in [5.41, 5.74) is 2.30. The smallest absolute Gasteiger partial charge is 0.100 e. The number of rotatable bonds is 1. The lowest BCUT2D eigenvalue weighted by atomic mass is 10.1. The van der Waals surface area contributed by atoms with Crippen molar-refractivity contribution in [2.24, 2.45) is 5.92 Å². The summed E-state index contributed by atoms with van der Waals surface area (Å²) in [6, 6.07) is 2.32. The van der Waals surface area contributed by atoms with E-state index in [0.717, 1.165) is 23.3 Å². The van der Waals surface area contributed by atoms with Crippen LogP contribution >= 0.6 is 11.8 Å². The molecule has 0 amide bonds. The molecule has 0 bridgehead atoms. The number of fused-ring (bicyclic) bond motifs is 1. The van der Waals surface area contributed by atoms with Crippen molar-refractivity contribution in [3.63, 3.8) is 0 Å². The van der Waals surface area contributed by atoms with Crippen molar-refractivity contribution in [1.29, 1.82) is 5.26 Å². The van der Waals surface area contributed by atoms with Gasteiger partial charge in [0.1, 0.15) is 6.07 Å². The van der Waals surface area contributed by atoms with Crippen LogP contribution in [-0.2, 0) is 0 Å². The molecular weight excluding hydrogens is 178 g/mol. The van der Waals surface area contributed by atoms with Gasteiger partial charge in [-0.1, -0.05) is 12.2 Å². The molecule has 2 rings (SSSR count). The molecule has 1 saturated carbocycles. The largest absolute Gasteiger partial charge is 0.192 e. The molecule has 2 aliphatic rings. The second kappa shape index (κ2) is 3.43. The Bertz CT molecular complexity index is 355. The molecule has 0 radical (unpaired) electrons. The van der Waals surface area contributed by atoms with Crippen LogP contribution in [-0.4, -0.2) is 6.26 Å². The summed E-state index contributed by atoms with van der Waals surface area (Å²) in [4.78, 5) is 1.12. The molecule has 0 aromatic heterocycles. The molecule has 2 heteroatoms. The van der Waals surface area contributed by atoms with Crippen LogP contribution < -0.4 is 0 Å². The van der Waals surface area contributed by atoms with Crippen molar-refractivity contribution in [2.45, 2.75) is 12.8 Å². The molecule has 66 valence electrons. The number of nitrogens with zero attached hydrogens (tertiary/aromatic N) is 1. The van der Waals surface area contributed by atoms with Crippen molar-refractivity contribution >= 4 is 11.8 Å². The van der Waals surface area contributed by atoms with Crippen molar-refractivity contribution in [2.75, 3.05) is 6.26 Å². The monoisotopic (exact) mass is 189 g/mol. The van der Waals surface area contributed by atoms with E-state index in [1.54, 1.807) is 11.8 Å². The molecule has 0 N–H and O–H groups in total. The zero-order valence-electron chi connectivity index (χ0n) is 7.58. The van der Waals surface area contributed by atoms with Crippen molar-refractivity contribution in [3.05, 3.63) is 34.3 Å². The summed E-state index contributed by atoms with van der Waals surface area (Å²) in [6.45, 7) is 0. The van der Waals surface area contributed by atoms with E-state index in [1.807, 2.05) is 12.3 Å². The Labute approximate surface area is 82.8 Å². The molecular formula is C11H11NS. The fourth-order valence-electron chi connectivity index (χ4n) is 1.68. The SMILES string of the molecule is CSC1=C/C=C\CC2CC2=C1C#N. The van der Waals surface area contributed by atoms with E-state index in [-0.39, 0.29) is 0 Å². The van der Waals surface area contributed by atoms with Gasteiger partial charge in [0.2, 0.25) is 0 Å². The second-order valence-electron chi connectivity index (χ2n) is 3.31. The van der Waals surface area contributed by atoms with E-state index in [9.17, 15) is 0 Å². The van der Waals surface area contributed by atoms with E-state index in [0.29, 0.717) is 5.92 Å². The summed E-state index contributed by atoms with van der Waals surface area (Å²) in [5, 5.41) is 9.02. The van der Waals surface area contributed by atoms with Gasteiger partial charge in [0, 0.05) is 4.91 Å². The Morgan fingerprint density at radius 3 is 3.15 bits per heavy atom. The third kappa shape index (κ3) is 1.57. The molecule has 1 atom stereocenters. The average molecular weight is 189 g/mol. The molecule has 0 heterocycles. The minimum Gasteiger partial charge on any atom is -0.192 e. The van der Waals surface area contributed by atoms with Crippen LogP contribution in [0.4, 0.5) is 0 Å². The van der Waals surface area contributed by atoms with Gasteiger partial charge in [-0.3, -0.25) is 0 Å². The Morgan fingerprint density at radius 1 is 1.62 bits per heavy atom. The first-order chi connectivity index (χ1) is 6.36. The molecule has 0 aromatic rings. The maximum absolute atomic E-state index is 9.02. The molecule has 0 spiro atoms. The summed E-state index contributed by atoms with van der Waals surface area (Å²) >= 11 is 1.66. The van der Waals surface area contributed by atoms with Crippen molar-refractivity contribution in [3.8, 4) is 6.07 Å². The predicted molar refractivity (Wildman–Crippen MR) is 56.1 cm³/mol. The van der Waals surface area contributed by atoms with Gasteiger partial charge < -0.3 is 0 Å². The van der Waals surface area contributed by atoms with Crippen molar-refractivity contribution in [1.82, 2.24) is 0 Å². The van der Waals surface area contributed by atoms with E-state index in [4.69, 9.17) is 5.26 Å². The van der Waals surface area contributed by atoms with Crippen LogP contribution in [0, 0.1) is 17.2 Å². The molecule has 2 aliphatic carbocycles. The first-order valence-electron chi connectivity index (χ1n) is 4.41. The lowest BCUT2D eigenvalue weighted by Crippen LogP contribution is -1.85. The van der Waals surface area contributed by atoms with E-state index in [1.165, 1.54) is 5.57 Å². The van der Waals surface area contributed by atoms with Gasteiger partial charge in [-0.05, 0) is 36.7 Å². The van der Waals surface area contributed by atoms with Gasteiger partial charge in [0.15, 0.2) is 0 Å². The Balaban J connectivity index is 2.42. The number of hydrogen-bond donors (Lipinski definition) is 0. The molecule has 0 aromatic carbocycles. The minimum atomic E-state index is 0.668. The number of thioether (sulfide) groups is 1. The Kier molecular flexibility index (Phi) is 2.28. The van der Waals surface area contributed by atoms with Gasteiger partial charge in [-0.2, -0.15) is 5.26 Å². The van der Waals surface area contributed by atoms with Gasteiger partial charge in [0.25, 0.3) is 0 Å². The van der Waals surface area contributed by atoms with E-state index in [2.05, 4.69) is 18.2 Å². The summed E-state index contributed by atoms with van der Waals surface area (Å²) in [7, 11) is 0.